The van der Waals surface area contributed by atoms with E-state index in [-0.39, 0.29) is 12.1 Å². The first-order chi connectivity index (χ1) is 8.25. The molecule has 1 unspecified atom stereocenters. The van der Waals surface area contributed by atoms with Crippen molar-refractivity contribution in [3.8, 4) is 0 Å². The fourth-order valence-electron chi connectivity index (χ4n) is 2.06. The van der Waals surface area contributed by atoms with Crippen LogP contribution in [-0.2, 0) is 4.74 Å². The average molecular weight is 225 g/mol. The van der Waals surface area contributed by atoms with E-state index >= 15 is 0 Å². The number of nitrogens with two attached hydrogens (primary N) is 1. The van der Waals surface area contributed by atoms with E-state index in [0.29, 0.717) is 11.3 Å². The minimum atomic E-state index is -0.306. The lowest BCUT2D eigenvalue weighted by molar-refractivity contribution is 0.0456. The van der Waals surface area contributed by atoms with Crippen LogP contribution in [-0.4, -0.2) is 5.97 Å². The number of anilines is 1. The van der Waals surface area contributed by atoms with E-state index in [1.165, 1.54) is 0 Å². The first kappa shape index (κ1) is 9.90. The summed E-state index contributed by atoms with van der Waals surface area (Å²) in [4.78, 5) is 11.7. The summed E-state index contributed by atoms with van der Waals surface area (Å²) in [6.45, 7) is 0. The molecule has 0 amide bonds. The molecule has 0 saturated carbocycles. The molecule has 3 rings (SSSR count). The van der Waals surface area contributed by atoms with Gasteiger partial charge in [0.15, 0.2) is 6.10 Å². The summed E-state index contributed by atoms with van der Waals surface area (Å²) in [5.41, 5.74) is 8.85. The van der Waals surface area contributed by atoms with E-state index in [4.69, 9.17) is 10.5 Å². The van der Waals surface area contributed by atoms with Crippen LogP contribution in [0.1, 0.15) is 27.6 Å². The molecule has 0 saturated heterocycles. The van der Waals surface area contributed by atoms with Gasteiger partial charge >= 0.3 is 5.97 Å². The second kappa shape index (κ2) is 3.63. The molecular weight excluding hydrogens is 214 g/mol. The number of carbonyl (C=O) groups is 1. The Bertz CT molecular complexity index is 575. The molecule has 0 spiro atoms. The molecule has 0 bridgehead atoms. The summed E-state index contributed by atoms with van der Waals surface area (Å²) in [5, 5.41) is 0. The highest BCUT2D eigenvalue weighted by molar-refractivity contribution is 5.94. The van der Waals surface area contributed by atoms with Crippen molar-refractivity contribution in [1.29, 1.82) is 0 Å². The predicted molar refractivity (Wildman–Crippen MR) is 64.6 cm³/mol. The van der Waals surface area contributed by atoms with Gasteiger partial charge in [0, 0.05) is 11.3 Å². The Morgan fingerprint density at radius 1 is 1.00 bits per heavy atom. The maximum absolute atomic E-state index is 11.7. The van der Waals surface area contributed by atoms with Gasteiger partial charge in [-0.2, -0.15) is 0 Å². The third-order valence-corrected chi connectivity index (χ3v) is 2.93. The second-order valence-electron chi connectivity index (χ2n) is 4.04. The maximum Gasteiger partial charge on any atom is 0.339 e. The van der Waals surface area contributed by atoms with Crippen molar-refractivity contribution in [1.82, 2.24) is 0 Å². The molecular formula is C14H11NO2. The number of hydrogen-bond acceptors (Lipinski definition) is 3. The third-order valence-electron chi connectivity index (χ3n) is 2.93. The lowest BCUT2D eigenvalue weighted by atomic mass is 9.99. The van der Waals surface area contributed by atoms with E-state index in [1.807, 2.05) is 42.5 Å². The highest BCUT2D eigenvalue weighted by atomic mass is 16.5. The molecule has 0 radical (unpaired) electrons. The maximum atomic E-state index is 11.7. The highest BCUT2D eigenvalue weighted by Gasteiger charge is 2.31. The summed E-state index contributed by atoms with van der Waals surface area (Å²) in [5.74, 6) is -0.262. The standard InChI is InChI=1S/C14H11NO2/c15-10-7-5-9(6-8-10)13-11-3-1-2-4-12(11)14(16)17-13/h1-8,13H,15H2. The number of ether oxygens (including phenoxy) is 1. The summed E-state index contributed by atoms with van der Waals surface area (Å²) in [6.07, 6.45) is -0.306. The Labute approximate surface area is 98.8 Å². The van der Waals surface area contributed by atoms with Gasteiger partial charge in [-0.05, 0) is 23.8 Å². The van der Waals surface area contributed by atoms with Crippen LogP contribution in [0.4, 0.5) is 5.69 Å². The molecule has 84 valence electrons. The van der Waals surface area contributed by atoms with Crippen LogP contribution in [0.15, 0.2) is 48.5 Å². The van der Waals surface area contributed by atoms with Crippen molar-refractivity contribution in [2.24, 2.45) is 0 Å². The number of hydrogen-bond donors (Lipinski definition) is 1. The van der Waals surface area contributed by atoms with Crippen molar-refractivity contribution < 1.29 is 9.53 Å². The van der Waals surface area contributed by atoms with Crippen molar-refractivity contribution in [2.45, 2.75) is 6.10 Å². The van der Waals surface area contributed by atoms with Gasteiger partial charge in [-0.15, -0.1) is 0 Å². The van der Waals surface area contributed by atoms with Gasteiger partial charge in [-0.25, -0.2) is 4.79 Å². The van der Waals surface area contributed by atoms with Crippen LogP contribution in [0.2, 0.25) is 0 Å². The van der Waals surface area contributed by atoms with Crippen LogP contribution >= 0.6 is 0 Å². The van der Waals surface area contributed by atoms with Gasteiger partial charge < -0.3 is 10.5 Å². The predicted octanol–water partition coefficient (Wildman–Crippen LogP) is 2.53. The Hall–Kier alpha value is -2.29. The molecule has 0 aromatic heterocycles. The lowest BCUT2D eigenvalue weighted by Crippen LogP contribution is -2.00. The SMILES string of the molecule is Nc1ccc(C2OC(=O)c3ccccc32)cc1. The smallest absolute Gasteiger partial charge is 0.339 e. The number of carbonyl (C=O) groups excluding carboxylic acids is 1. The summed E-state index contributed by atoms with van der Waals surface area (Å²) in [6, 6.07) is 14.8. The number of fused-ring (bicyclic) bond motifs is 1. The monoisotopic (exact) mass is 225 g/mol. The molecule has 2 aromatic rings. The van der Waals surface area contributed by atoms with Gasteiger partial charge in [-0.3, -0.25) is 0 Å². The molecule has 2 aromatic carbocycles. The quantitative estimate of drug-likeness (QED) is 0.599. The Morgan fingerprint density at radius 2 is 1.71 bits per heavy atom. The number of nitrogen functional groups attached to an aromatic ring is 1. The highest BCUT2D eigenvalue weighted by Crippen LogP contribution is 2.35. The van der Waals surface area contributed by atoms with Crippen LogP contribution in [0.5, 0.6) is 0 Å². The average Bonchev–Trinajstić information content (AvgIpc) is 2.69. The Balaban J connectivity index is 2.07. The normalized spacial score (nSPS) is 17.6. The lowest BCUT2D eigenvalue weighted by Gasteiger charge is -2.11. The molecule has 1 aliphatic heterocycles. The second-order valence-corrected chi connectivity index (χ2v) is 4.04. The van der Waals surface area contributed by atoms with Crippen LogP contribution in [0, 0.1) is 0 Å². The van der Waals surface area contributed by atoms with Gasteiger partial charge in [0.1, 0.15) is 0 Å². The number of cyclic esters (lactones) is 1. The molecule has 1 aliphatic rings. The van der Waals surface area contributed by atoms with Crippen molar-refractivity contribution in [2.75, 3.05) is 5.73 Å². The van der Waals surface area contributed by atoms with Crippen LogP contribution in [0.3, 0.4) is 0 Å². The van der Waals surface area contributed by atoms with Crippen LogP contribution in [0.25, 0.3) is 0 Å². The largest absolute Gasteiger partial charge is 0.449 e. The molecule has 0 fully saturated rings. The fraction of sp³-hybridized carbons (Fsp3) is 0.0714. The fourth-order valence-corrected chi connectivity index (χ4v) is 2.06. The molecule has 1 atom stereocenters. The van der Waals surface area contributed by atoms with Gasteiger partial charge in [0.05, 0.1) is 5.56 Å². The molecule has 3 nitrogen and oxygen atoms in total. The van der Waals surface area contributed by atoms with Crippen LogP contribution < -0.4 is 5.73 Å². The minimum absolute atomic E-state index is 0.262. The zero-order valence-corrected chi connectivity index (χ0v) is 9.09. The van der Waals surface area contributed by atoms with Gasteiger partial charge in [-0.1, -0.05) is 30.3 Å². The molecule has 2 N–H and O–H groups in total. The Kier molecular flexibility index (Phi) is 2.11. The molecule has 3 heteroatoms. The minimum Gasteiger partial charge on any atom is -0.449 e. The summed E-state index contributed by atoms with van der Waals surface area (Å²) in [7, 11) is 0. The Morgan fingerprint density at radius 3 is 2.47 bits per heavy atom. The third kappa shape index (κ3) is 1.56. The topological polar surface area (TPSA) is 52.3 Å². The number of rotatable bonds is 1. The zero-order chi connectivity index (χ0) is 11.8. The summed E-state index contributed by atoms with van der Waals surface area (Å²) < 4.78 is 5.38. The first-order valence-corrected chi connectivity index (χ1v) is 5.41. The van der Waals surface area contributed by atoms with Crippen molar-refractivity contribution in [3.05, 3.63) is 65.2 Å². The van der Waals surface area contributed by atoms with E-state index in [1.54, 1.807) is 6.07 Å². The number of esters is 1. The van der Waals surface area contributed by atoms with E-state index in [2.05, 4.69) is 0 Å². The zero-order valence-electron chi connectivity index (χ0n) is 9.09. The van der Waals surface area contributed by atoms with Crippen molar-refractivity contribution in [3.63, 3.8) is 0 Å². The van der Waals surface area contributed by atoms with Gasteiger partial charge in [0.25, 0.3) is 0 Å². The summed E-state index contributed by atoms with van der Waals surface area (Å²) >= 11 is 0. The first-order valence-electron chi connectivity index (χ1n) is 5.41. The van der Waals surface area contributed by atoms with Gasteiger partial charge in [0.2, 0.25) is 0 Å². The van der Waals surface area contributed by atoms with Crippen molar-refractivity contribution >= 4 is 11.7 Å². The van der Waals surface area contributed by atoms with E-state index in [9.17, 15) is 4.79 Å². The van der Waals surface area contributed by atoms with E-state index in [0.717, 1.165) is 11.1 Å². The molecule has 0 aliphatic carbocycles. The van der Waals surface area contributed by atoms with E-state index < -0.39 is 0 Å². The molecule has 17 heavy (non-hydrogen) atoms. The number of benzene rings is 2. The molecule has 1 heterocycles.